The second-order valence-corrected chi connectivity index (χ2v) is 5.44. The Hall–Kier alpha value is -0.910. The van der Waals surface area contributed by atoms with Crippen molar-refractivity contribution in [2.45, 2.75) is 18.9 Å². The van der Waals surface area contributed by atoms with Gasteiger partial charge in [0.1, 0.15) is 5.82 Å². The first-order valence-corrected chi connectivity index (χ1v) is 7.26. The van der Waals surface area contributed by atoms with E-state index in [9.17, 15) is 0 Å². The van der Waals surface area contributed by atoms with Gasteiger partial charge in [0.15, 0.2) is 0 Å². The molecule has 1 atom stereocenters. The molecule has 3 rings (SSSR count). The summed E-state index contributed by atoms with van der Waals surface area (Å²) in [6, 6.07) is 1.92. The van der Waals surface area contributed by atoms with Crippen LogP contribution in [0.15, 0.2) is 12.3 Å². The molecule has 3 heterocycles. The van der Waals surface area contributed by atoms with Crippen LogP contribution >= 0.6 is 11.6 Å². The van der Waals surface area contributed by atoms with Crippen molar-refractivity contribution in [3.05, 3.63) is 17.5 Å². The van der Waals surface area contributed by atoms with E-state index in [0.717, 1.165) is 45.1 Å². The lowest BCUT2D eigenvalue weighted by Crippen LogP contribution is -2.48. The molecule has 0 bridgehead atoms. The predicted molar refractivity (Wildman–Crippen MR) is 74.7 cm³/mol. The summed E-state index contributed by atoms with van der Waals surface area (Å²) in [4.78, 5) is 12.9. The Morgan fingerprint density at radius 1 is 1.32 bits per heavy atom. The van der Waals surface area contributed by atoms with Crippen LogP contribution in [0.3, 0.4) is 0 Å². The minimum absolute atomic E-state index is 0.319. The van der Waals surface area contributed by atoms with Gasteiger partial charge >= 0.3 is 0 Å². The summed E-state index contributed by atoms with van der Waals surface area (Å²) in [6.07, 6.45) is 4.58. The molecule has 1 aromatic rings. The number of hydrogen-bond acceptors (Lipinski definition) is 5. The fourth-order valence-electron chi connectivity index (χ4n) is 2.74. The van der Waals surface area contributed by atoms with Crippen LogP contribution in [0.4, 0.5) is 5.82 Å². The number of anilines is 1. The van der Waals surface area contributed by atoms with Crippen LogP contribution in [-0.2, 0) is 4.74 Å². The molecule has 0 aromatic carbocycles. The first kappa shape index (κ1) is 13.1. The normalized spacial score (nSPS) is 24.9. The van der Waals surface area contributed by atoms with Crippen molar-refractivity contribution in [3.63, 3.8) is 0 Å². The highest BCUT2D eigenvalue weighted by molar-refractivity contribution is 6.28. The van der Waals surface area contributed by atoms with E-state index in [1.807, 2.05) is 6.07 Å². The fraction of sp³-hybridized carbons (Fsp3) is 0.692. The molecule has 0 amide bonds. The van der Waals surface area contributed by atoms with Gasteiger partial charge in [-0.2, -0.15) is 0 Å². The first-order chi connectivity index (χ1) is 9.31. The summed E-state index contributed by atoms with van der Waals surface area (Å²) in [5.41, 5.74) is 0. The minimum Gasteiger partial charge on any atom is -0.377 e. The number of ether oxygens (including phenoxy) is 1. The highest BCUT2D eigenvalue weighted by Crippen LogP contribution is 2.17. The molecule has 0 saturated carbocycles. The van der Waals surface area contributed by atoms with E-state index in [-0.39, 0.29) is 0 Å². The fourth-order valence-corrected chi connectivity index (χ4v) is 2.88. The molecule has 5 nitrogen and oxygen atoms in total. The molecule has 6 heteroatoms. The lowest BCUT2D eigenvalue weighted by Gasteiger charge is -2.36. The van der Waals surface area contributed by atoms with Crippen molar-refractivity contribution in [2.75, 3.05) is 44.2 Å². The zero-order valence-electron chi connectivity index (χ0n) is 11.0. The van der Waals surface area contributed by atoms with Crippen molar-refractivity contribution in [3.8, 4) is 0 Å². The molecule has 1 aromatic heterocycles. The molecule has 0 spiro atoms. The molecule has 0 unspecified atom stereocenters. The van der Waals surface area contributed by atoms with Crippen LogP contribution in [0.5, 0.6) is 0 Å². The average Bonchev–Trinajstić information content (AvgIpc) is 2.92. The molecule has 2 aliphatic heterocycles. The summed E-state index contributed by atoms with van der Waals surface area (Å²) in [5, 5.41) is 0.319. The Labute approximate surface area is 118 Å². The monoisotopic (exact) mass is 282 g/mol. The van der Waals surface area contributed by atoms with E-state index >= 15 is 0 Å². The lowest BCUT2D eigenvalue weighted by atomic mass is 10.2. The van der Waals surface area contributed by atoms with Crippen molar-refractivity contribution < 1.29 is 4.74 Å². The minimum atomic E-state index is 0.319. The zero-order chi connectivity index (χ0) is 13.1. The first-order valence-electron chi connectivity index (χ1n) is 6.89. The Morgan fingerprint density at radius 2 is 2.16 bits per heavy atom. The van der Waals surface area contributed by atoms with Gasteiger partial charge in [-0.15, -0.1) is 0 Å². The largest absolute Gasteiger partial charge is 0.377 e. The Bertz CT molecular complexity index is 417. The van der Waals surface area contributed by atoms with Gasteiger partial charge in [0.2, 0.25) is 5.28 Å². The maximum atomic E-state index is 5.83. The maximum Gasteiger partial charge on any atom is 0.224 e. The van der Waals surface area contributed by atoms with E-state index in [1.54, 1.807) is 6.20 Å². The molecule has 0 aliphatic carbocycles. The van der Waals surface area contributed by atoms with Crippen LogP contribution in [-0.4, -0.2) is 60.3 Å². The van der Waals surface area contributed by atoms with Crippen molar-refractivity contribution in [1.29, 1.82) is 0 Å². The molecule has 2 saturated heterocycles. The second-order valence-electron chi connectivity index (χ2n) is 5.11. The summed E-state index contributed by atoms with van der Waals surface area (Å²) >= 11 is 5.83. The van der Waals surface area contributed by atoms with Gasteiger partial charge in [-0.1, -0.05) is 0 Å². The van der Waals surface area contributed by atoms with Gasteiger partial charge in [0.25, 0.3) is 0 Å². The summed E-state index contributed by atoms with van der Waals surface area (Å²) in [5.74, 6) is 0.928. The summed E-state index contributed by atoms with van der Waals surface area (Å²) in [7, 11) is 0. The number of aromatic nitrogens is 2. The smallest absolute Gasteiger partial charge is 0.224 e. The van der Waals surface area contributed by atoms with E-state index in [2.05, 4.69) is 19.8 Å². The second kappa shape index (κ2) is 6.03. The molecule has 104 valence electrons. The lowest BCUT2D eigenvalue weighted by molar-refractivity contribution is 0.0712. The standard InChI is InChI=1S/C13H19ClN4O/c14-13-15-4-3-12(16-13)18-7-5-17(6-8-18)10-11-2-1-9-19-11/h3-4,11H,1-2,5-10H2/t11-/m0/s1. The van der Waals surface area contributed by atoms with Gasteiger partial charge in [-0.3, -0.25) is 4.90 Å². The van der Waals surface area contributed by atoms with Gasteiger partial charge < -0.3 is 9.64 Å². The van der Waals surface area contributed by atoms with Crippen LogP contribution < -0.4 is 4.90 Å². The van der Waals surface area contributed by atoms with E-state index < -0.39 is 0 Å². The van der Waals surface area contributed by atoms with Crippen LogP contribution in [0.2, 0.25) is 5.28 Å². The van der Waals surface area contributed by atoms with Gasteiger partial charge in [0, 0.05) is 45.5 Å². The molecule has 0 N–H and O–H groups in total. The summed E-state index contributed by atoms with van der Waals surface area (Å²) < 4.78 is 5.69. The number of rotatable bonds is 3. The van der Waals surface area contributed by atoms with Crippen molar-refractivity contribution >= 4 is 17.4 Å². The molecule has 0 radical (unpaired) electrons. The number of piperazine rings is 1. The average molecular weight is 283 g/mol. The highest BCUT2D eigenvalue weighted by Gasteiger charge is 2.23. The van der Waals surface area contributed by atoms with E-state index in [0.29, 0.717) is 11.4 Å². The maximum absolute atomic E-state index is 5.83. The van der Waals surface area contributed by atoms with E-state index in [1.165, 1.54) is 12.8 Å². The molecule has 2 fully saturated rings. The molecule has 19 heavy (non-hydrogen) atoms. The zero-order valence-corrected chi connectivity index (χ0v) is 11.7. The van der Waals surface area contributed by atoms with Crippen molar-refractivity contribution in [2.24, 2.45) is 0 Å². The van der Waals surface area contributed by atoms with E-state index in [4.69, 9.17) is 16.3 Å². The highest BCUT2D eigenvalue weighted by atomic mass is 35.5. The van der Waals surface area contributed by atoms with Gasteiger partial charge in [-0.05, 0) is 30.5 Å². The Balaban J connectivity index is 1.51. The predicted octanol–water partition coefficient (Wildman–Crippen LogP) is 1.43. The number of halogens is 1. The Morgan fingerprint density at radius 3 is 2.84 bits per heavy atom. The van der Waals surface area contributed by atoms with Crippen LogP contribution in [0, 0.1) is 0 Å². The number of nitrogens with zero attached hydrogens (tertiary/aromatic N) is 4. The quantitative estimate of drug-likeness (QED) is 0.785. The molecule has 2 aliphatic rings. The summed E-state index contributed by atoms with van der Waals surface area (Å²) in [6.45, 7) is 6.09. The van der Waals surface area contributed by atoms with Crippen LogP contribution in [0.25, 0.3) is 0 Å². The molecular formula is C13H19ClN4O. The third kappa shape index (κ3) is 3.35. The van der Waals surface area contributed by atoms with Gasteiger partial charge in [-0.25, -0.2) is 9.97 Å². The SMILES string of the molecule is Clc1nccc(N2CCN(C[C@@H]3CCCO3)CC2)n1. The third-order valence-corrected chi connectivity index (χ3v) is 3.98. The Kier molecular flexibility index (Phi) is 4.15. The topological polar surface area (TPSA) is 41.5 Å². The third-order valence-electron chi connectivity index (χ3n) is 3.79. The number of hydrogen-bond donors (Lipinski definition) is 0. The van der Waals surface area contributed by atoms with Crippen LogP contribution in [0.1, 0.15) is 12.8 Å². The van der Waals surface area contributed by atoms with Crippen molar-refractivity contribution in [1.82, 2.24) is 14.9 Å². The van der Waals surface area contributed by atoms with Gasteiger partial charge in [0.05, 0.1) is 6.10 Å². The molecular weight excluding hydrogens is 264 g/mol.